The molecule has 6 heteroatoms. The molecule has 1 aromatic heterocycles. The Kier molecular flexibility index (Phi) is 6.26. The monoisotopic (exact) mass is 439 g/mol. The van der Waals surface area contributed by atoms with Gasteiger partial charge in [0.15, 0.2) is 5.78 Å². The number of aromatic amines is 1. The van der Waals surface area contributed by atoms with Crippen LogP contribution in [0.5, 0.6) is 17.2 Å². The van der Waals surface area contributed by atoms with Crippen LogP contribution in [0.4, 0.5) is 0 Å². The van der Waals surface area contributed by atoms with Gasteiger partial charge in [-0.3, -0.25) is 4.79 Å². The molecule has 0 saturated carbocycles. The highest BCUT2D eigenvalue weighted by Crippen LogP contribution is 2.29. The number of carbonyl (C=O) groups is 1. The summed E-state index contributed by atoms with van der Waals surface area (Å²) in [5, 5.41) is 1.45. The number of alkyl halides is 1. The van der Waals surface area contributed by atoms with Gasteiger partial charge in [-0.15, -0.1) is 11.6 Å². The maximum absolute atomic E-state index is 13.1. The molecule has 0 aliphatic carbocycles. The molecule has 0 fully saturated rings. The van der Waals surface area contributed by atoms with Gasteiger partial charge in [0.2, 0.25) is 0 Å². The van der Waals surface area contributed by atoms with Crippen LogP contribution < -0.4 is 9.47 Å². The average molecular weight is 440 g/mol. The van der Waals surface area contributed by atoms with E-state index in [1.807, 2.05) is 18.2 Å². The number of halogens is 2. The van der Waals surface area contributed by atoms with Gasteiger partial charge in [0, 0.05) is 39.1 Å². The number of hydrogen-bond acceptors (Lipinski definition) is 3. The smallest absolute Gasteiger partial charge is 0.195 e. The fourth-order valence-corrected chi connectivity index (χ4v) is 3.33. The fraction of sp³-hybridized carbons (Fsp3) is 0.125. The highest BCUT2D eigenvalue weighted by Gasteiger charge is 2.15. The quantitative estimate of drug-likeness (QED) is 0.185. The zero-order valence-electron chi connectivity index (χ0n) is 16.0. The zero-order valence-corrected chi connectivity index (χ0v) is 17.5. The highest BCUT2D eigenvalue weighted by atomic mass is 35.5. The van der Waals surface area contributed by atoms with Crippen LogP contribution in [0.25, 0.3) is 10.9 Å². The third-order valence-electron chi connectivity index (χ3n) is 4.61. The number of fused-ring (bicyclic) bond motifs is 1. The second kappa shape index (κ2) is 9.24. The van der Waals surface area contributed by atoms with E-state index in [2.05, 4.69) is 4.98 Å². The average Bonchev–Trinajstić information content (AvgIpc) is 3.19. The lowest BCUT2D eigenvalue weighted by molar-refractivity contribution is 0.104. The molecule has 0 aliphatic heterocycles. The first kappa shape index (κ1) is 20.3. The summed E-state index contributed by atoms with van der Waals surface area (Å²) in [4.78, 5) is 16.2. The van der Waals surface area contributed by atoms with Crippen molar-refractivity contribution in [2.75, 3.05) is 12.5 Å². The maximum atomic E-state index is 13.1. The summed E-state index contributed by atoms with van der Waals surface area (Å²) >= 11 is 11.6. The van der Waals surface area contributed by atoms with E-state index in [1.54, 1.807) is 54.7 Å². The number of ketones is 1. The minimum Gasteiger partial charge on any atom is -0.494 e. The summed E-state index contributed by atoms with van der Waals surface area (Å²) in [7, 11) is 0. The van der Waals surface area contributed by atoms with Gasteiger partial charge in [-0.05, 0) is 73.2 Å². The molecule has 0 bridgehead atoms. The minimum absolute atomic E-state index is 0.0720. The van der Waals surface area contributed by atoms with E-state index < -0.39 is 0 Å². The van der Waals surface area contributed by atoms with Crippen molar-refractivity contribution in [1.29, 1.82) is 0 Å². The molecule has 3 aromatic carbocycles. The largest absolute Gasteiger partial charge is 0.494 e. The second-order valence-electron chi connectivity index (χ2n) is 6.71. The van der Waals surface area contributed by atoms with Crippen molar-refractivity contribution >= 4 is 39.9 Å². The van der Waals surface area contributed by atoms with Crippen molar-refractivity contribution in [3.8, 4) is 17.2 Å². The topological polar surface area (TPSA) is 51.3 Å². The lowest BCUT2D eigenvalue weighted by atomic mass is 10.0. The predicted octanol–water partition coefficient (Wildman–Crippen LogP) is 6.85. The van der Waals surface area contributed by atoms with Gasteiger partial charge in [-0.1, -0.05) is 11.6 Å². The van der Waals surface area contributed by atoms with Crippen molar-refractivity contribution in [3.05, 3.63) is 89.1 Å². The zero-order chi connectivity index (χ0) is 20.9. The van der Waals surface area contributed by atoms with E-state index in [0.717, 1.165) is 17.3 Å². The van der Waals surface area contributed by atoms with E-state index in [-0.39, 0.29) is 5.78 Å². The first-order valence-corrected chi connectivity index (χ1v) is 10.4. The molecule has 1 heterocycles. The Balaban J connectivity index is 1.56. The third kappa shape index (κ3) is 4.61. The molecule has 0 aliphatic rings. The van der Waals surface area contributed by atoms with Crippen LogP contribution in [0.1, 0.15) is 22.3 Å². The van der Waals surface area contributed by atoms with Crippen LogP contribution >= 0.6 is 23.2 Å². The number of H-pyrrole nitrogens is 1. The molecular weight excluding hydrogens is 421 g/mol. The lowest BCUT2D eigenvalue weighted by Crippen LogP contribution is -2.01. The molecule has 4 aromatic rings. The molecule has 0 radical (unpaired) electrons. The van der Waals surface area contributed by atoms with Crippen LogP contribution in [0.3, 0.4) is 0 Å². The van der Waals surface area contributed by atoms with Gasteiger partial charge in [0.25, 0.3) is 0 Å². The number of ether oxygens (including phenoxy) is 2. The third-order valence-corrected chi connectivity index (χ3v) is 5.13. The molecular formula is C24H19Cl2NO3. The van der Waals surface area contributed by atoms with Crippen LogP contribution in [0.2, 0.25) is 5.02 Å². The van der Waals surface area contributed by atoms with Crippen molar-refractivity contribution in [1.82, 2.24) is 4.98 Å². The van der Waals surface area contributed by atoms with E-state index in [4.69, 9.17) is 32.7 Å². The van der Waals surface area contributed by atoms with Gasteiger partial charge in [0.05, 0.1) is 6.61 Å². The summed E-state index contributed by atoms with van der Waals surface area (Å²) in [6, 6.07) is 19.9. The fourth-order valence-electron chi connectivity index (χ4n) is 3.09. The van der Waals surface area contributed by atoms with E-state index >= 15 is 0 Å². The van der Waals surface area contributed by atoms with E-state index in [0.29, 0.717) is 45.9 Å². The van der Waals surface area contributed by atoms with E-state index in [9.17, 15) is 4.79 Å². The summed E-state index contributed by atoms with van der Waals surface area (Å²) in [6.45, 7) is 0.551. The predicted molar refractivity (Wildman–Crippen MR) is 121 cm³/mol. The molecule has 0 unspecified atom stereocenters. The van der Waals surface area contributed by atoms with Gasteiger partial charge < -0.3 is 14.5 Å². The number of benzene rings is 3. The number of hydrogen-bond donors (Lipinski definition) is 1. The number of aromatic nitrogens is 1. The first-order valence-electron chi connectivity index (χ1n) is 9.52. The number of carbonyl (C=O) groups excluding carboxylic acids is 1. The molecule has 4 rings (SSSR count). The SMILES string of the molecule is O=C(c1ccc(OCCCCl)cc1)c1c[nH]c2ccc(Oc3ccc(Cl)cc3)cc12. The van der Waals surface area contributed by atoms with Gasteiger partial charge >= 0.3 is 0 Å². The van der Waals surface area contributed by atoms with Crippen molar-refractivity contribution < 1.29 is 14.3 Å². The minimum atomic E-state index is -0.0720. The summed E-state index contributed by atoms with van der Waals surface area (Å²) in [6.07, 6.45) is 2.50. The van der Waals surface area contributed by atoms with Gasteiger partial charge in [-0.2, -0.15) is 0 Å². The highest BCUT2D eigenvalue weighted by molar-refractivity contribution is 6.30. The molecule has 4 nitrogen and oxygen atoms in total. The number of rotatable bonds is 8. The van der Waals surface area contributed by atoms with Crippen LogP contribution in [-0.4, -0.2) is 23.3 Å². The Morgan fingerprint density at radius 3 is 2.33 bits per heavy atom. The Morgan fingerprint density at radius 2 is 1.60 bits per heavy atom. The standard InChI is InChI=1S/C24H19Cl2NO3/c25-12-1-13-29-18-6-2-16(3-7-18)24(28)22-15-27-23-11-10-20(14-21(22)23)30-19-8-4-17(26)5-9-19/h2-11,14-15,27H,1,12-13H2. The molecule has 0 saturated heterocycles. The Labute approximate surface area is 184 Å². The molecule has 0 spiro atoms. The summed E-state index contributed by atoms with van der Waals surface area (Å²) < 4.78 is 11.5. The molecule has 30 heavy (non-hydrogen) atoms. The lowest BCUT2D eigenvalue weighted by Gasteiger charge is -2.07. The molecule has 152 valence electrons. The normalized spacial score (nSPS) is 10.9. The second-order valence-corrected chi connectivity index (χ2v) is 7.52. The molecule has 0 atom stereocenters. The van der Waals surface area contributed by atoms with Crippen molar-refractivity contribution in [2.24, 2.45) is 0 Å². The maximum Gasteiger partial charge on any atom is 0.195 e. The van der Waals surface area contributed by atoms with Crippen molar-refractivity contribution in [2.45, 2.75) is 6.42 Å². The Hall–Kier alpha value is -2.95. The van der Waals surface area contributed by atoms with Gasteiger partial charge in [0.1, 0.15) is 17.2 Å². The van der Waals surface area contributed by atoms with Crippen LogP contribution in [0.15, 0.2) is 72.9 Å². The summed E-state index contributed by atoms with van der Waals surface area (Å²) in [5.41, 5.74) is 2.04. The summed E-state index contributed by atoms with van der Waals surface area (Å²) in [5.74, 6) is 2.51. The van der Waals surface area contributed by atoms with Gasteiger partial charge in [-0.25, -0.2) is 0 Å². The van der Waals surface area contributed by atoms with Crippen LogP contribution in [-0.2, 0) is 0 Å². The van der Waals surface area contributed by atoms with Crippen LogP contribution in [0, 0.1) is 0 Å². The Morgan fingerprint density at radius 1 is 0.900 bits per heavy atom. The Bertz CT molecular complexity index is 1150. The molecule has 0 amide bonds. The van der Waals surface area contributed by atoms with E-state index in [1.165, 1.54) is 0 Å². The first-order chi connectivity index (χ1) is 14.6. The van der Waals surface area contributed by atoms with Crippen molar-refractivity contribution in [3.63, 3.8) is 0 Å². The number of nitrogens with one attached hydrogen (secondary N) is 1. The molecule has 1 N–H and O–H groups in total.